The van der Waals surface area contributed by atoms with Crippen molar-refractivity contribution in [1.82, 2.24) is 15.1 Å². The second-order valence-electron chi connectivity index (χ2n) is 5.94. The number of hydrogen-bond donors (Lipinski definition) is 1. The Morgan fingerprint density at radius 1 is 1.42 bits per heavy atom. The van der Waals surface area contributed by atoms with E-state index in [1.54, 1.807) is 0 Å². The van der Waals surface area contributed by atoms with Crippen molar-refractivity contribution in [3.8, 4) is 6.07 Å². The Morgan fingerprint density at radius 3 is 2.68 bits per heavy atom. The van der Waals surface area contributed by atoms with Crippen molar-refractivity contribution in [2.24, 2.45) is 0 Å². The predicted octanol–water partition coefficient (Wildman–Crippen LogP) is 2.89. The monoisotopic (exact) mass is 278 g/mol. The summed E-state index contributed by atoms with van der Waals surface area (Å²) >= 11 is 6.21. The van der Waals surface area contributed by atoms with Crippen LogP contribution in [0.1, 0.15) is 49.5 Å². The Hall–Kier alpha value is -1.05. The van der Waals surface area contributed by atoms with E-state index in [-0.39, 0.29) is 11.6 Å². The average Bonchev–Trinajstić information content (AvgIpc) is 3.05. The van der Waals surface area contributed by atoms with Crippen LogP contribution in [0.15, 0.2) is 0 Å². The molecule has 0 aromatic carbocycles. The van der Waals surface area contributed by atoms with Gasteiger partial charge in [-0.3, -0.25) is 10.00 Å². The van der Waals surface area contributed by atoms with Crippen molar-refractivity contribution in [3.63, 3.8) is 0 Å². The van der Waals surface area contributed by atoms with Gasteiger partial charge in [-0.05, 0) is 39.5 Å². The van der Waals surface area contributed by atoms with Gasteiger partial charge in [0.05, 0.1) is 28.5 Å². The van der Waals surface area contributed by atoms with Crippen LogP contribution in [0, 0.1) is 25.2 Å². The van der Waals surface area contributed by atoms with E-state index in [2.05, 4.69) is 16.5 Å². The molecule has 1 N–H and O–H groups in total. The fraction of sp³-hybridized carbons (Fsp3) is 0.714. The van der Waals surface area contributed by atoms with Gasteiger partial charge in [-0.1, -0.05) is 11.6 Å². The summed E-state index contributed by atoms with van der Waals surface area (Å²) in [5, 5.41) is 18.3. The minimum Gasteiger partial charge on any atom is -0.297 e. The Morgan fingerprint density at radius 2 is 2.16 bits per heavy atom. The van der Waals surface area contributed by atoms with Gasteiger partial charge in [-0.2, -0.15) is 10.4 Å². The molecule has 2 unspecified atom stereocenters. The molecule has 2 saturated carbocycles. The maximum atomic E-state index is 9.52. The van der Waals surface area contributed by atoms with Crippen LogP contribution >= 0.6 is 11.6 Å². The summed E-state index contributed by atoms with van der Waals surface area (Å²) < 4.78 is 2.02. The van der Waals surface area contributed by atoms with Crippen LogP contribution in [0.4, 0.5) is 0 Å². The van der Waals surface area contributed by atoms with E-state index in [4.69, 9.17) is 11.6 Å². The number of aryl methyl sites for hydroxylation is 1. The summed E-state index contributed by atoms with van der Waals surface area (Å²) in [6.45, 7) is 3.93. The average molecular weight is 279 g/mol. The largest absolute Gasteiger partial charge is 0.297 e. The zero-order chi connectivity index (χ0) is 13.6. The van der Waals surface area contributed by atoms with Gasteiger partial charge in [-0.15, -0.1) is 0 Å². The molecule has 5 heteroatoms. The van der Waals surface area contributed by atoms with Crippen molar-refractivity contribution >= 4 is 11.6 Å². The topological polar surface area (TPSA) is 53.6 Å². The molecular formula is C14H19ClN4. The SMILES string of the molecule is Cc1nn(C2CCC(C#N)(NC3CC3)C2)c(C)c1Cl. The number of hydrogen-bond acceptors (Lipinski definition) is 3. The van der Waals surface area contributed by atoms with Gasteiger partial charge >= 0.3 is 0 Å². The van der Waals surface area contributed by atoms with Crippen molar-refractivity contribution < 1.29 is 0 Å². The molecule has 0 spiro atoms. The molecule has 4 nitrogen and oxygen atoms in total. The third-order valence-electron chi connectivity index (χ3n) is 4.34. The molecule has 1 heterocycles. The van der Waals surface area contributed by atoms with E-state index in [1.165, 1.54) is 12.8 Å². The molecule has 19 heavy (non-hydrogen) atoms. The minimum atomic E-state index is -0.357. The van der Waals surface area contributed by atoms with E-state index in [1.807, 2.05) is 18.5 Å². The van der Waals surface area contributed by atoms with Gasteiger partial charge in [0.2, 0.25) is 0 Å². The number of aromatic nitrogens is 2. The Kier molecular flexibility index (Phi) is 3.07. The van der Waals surface area contributed by atoms with Crippen LogP contribution in [-0.4, -0.2) is 21.4 Å². The minimum absolute atomic E-state index is 0.289. The Labute approximate surface area is 118 Å². The molecule has 1 aromatic rings. The molecule has 0 amide bonds. The van der Waals surface area contributed by atoms with Crippen molar-refractivity contribution in [2.75, 3.05) is 0 Å². The zero-order valence-corrected chi connectivity index (χ0v) is 12.2. The molecule has 2 aliphatic rings. The molecule has 0 radical (unpaired) electrons. The molecule has 0 aliphatic heterocycles. The summed E-state index contributed by atoms with van der Waals surface area (Å²) in [5.41, 5.74) is 1.54. The molecule has 2 atom stereocenters. The van der Waals surface area contributed by atoms with Crippen LogP contribution in [0.5, 0.6) is 0 Å². The molecular weight excluding hydrogens is 260 g/mol. The highest BCUT2D eigenvalue weighted by molar-refractivity contribution is 6.31. The van der Waals surface area contributed by atoms with Gasteiger partial charge in [-0.25, -0.2) is 0 Å². The van der Waals surface area contributed by atoms with Gasteiger partial charge in [0.25, 0.3) is 0 Å². The van der Waals surface area contributed by atoms with Gasteiger partial charge < -0.3 is 0 Å². The first kappa shape index (κ1) is 13.0. The fourth-order valence-corrected chi connectivity index (χ4v) is 3.23. The van der Waals surface area contributed by atoms with Crippen LogP contribution in [-0.2, 0) is 0 Å². The molecule has 3 rings (SSSR count). The van der Waals surface area contributed by atoms with Crippen LogP contribution in [0.2, 0.25) is 5.02 Å². The number of nitriles is 1. The third-order valence-corrected chi connectivity index (χ3v) is 4.89. The second-order valence-corrected chi connectivity index (χ2v) is 6.32. The molecule has 2 fully saturated rings. The van der Waals surface area contributed by atoms with Crippen molar-refractivity contribution in [3.05, 3.63) is 16.4 Å². The zero-order valence-electron chi connectivity index (χ0n) is 11.4. The molecule has 0 bridgehead atoms. The van der Waals surface area contributed by atoms with E-state index in [0.717, 1.165) is 35.7 Å². The van der Waals surface area contributed by atoms with E-state index >= 15 is 0 Å². The first-order valence-electron chi connectivity index (χ1n) is 6.95. The van der Waals surface area contributed by atoms with Crippen molar-refractivity contribution in [2.45, 2.75) is 63.6 Å². The fourth-order valence-electron chi connectivity index (χ4n) is 3.11. The standard InChI is InChI=1S/C14H19ClN4/c1-9-13(15)10(2)19(18-9)12-5-6-14(7-12,8-16)17-11-3-4-11/h11-12,17H,3-7H2,1-2H3. The normalized spacial score (nSPS) is 30.5. The summed E-state index contributed by atoms with van der Waals surface area (Å²) in [7, 11) is 0. The Balaban J connectivity index is 1.80. The van der Waals surface area contributed by atoms with Gasteiger partial charge in [0, 0.05) is 12.5 Å². The van der Waals surface area contributed by atoms with E-state index in [9.17, 15) is 5.26 Å². The first-order chi connectivity index (χ1) is 9.04. The smallest absolute Gasteiger partial charge is 0.109 e. The summed E-state index contributed by atoms with van der Waals surface area (Å²) in [5.74, 6) is 0. The molecule has 102 valence electrons. The van der Waals surface area contributed by atoms with E-state index < -0.39 is 0 Å². The maximum Gasteiger partial charge on any atom is 0.109 e. The maximum absolute atomic E-state index is 9.52. The summed E-state index contributed by atoms with van der Waals surface area (Å²) in [4.78, 5) is 0. The van der Waals surface area contributed by atoms with Gasteiger partial charge in [0.15, 0.2) is 0 Å². The quantitative estimate of drug-likeness (QED) is 0.925. The number of nitrogens with zero attached hydrogens (tertiary/aromatic N) is 3. The number of halogens is 1. The van der Waals surface area contributed by atoms with Crippen molar-refractivity contribution in [1.29, 1.82) is 5.26 Å². The summed E-state index contributed by atoms with van der Waals surface area (Å²) in [6.07, 6.45) is 5.14. The van der Waals surface area contributed by atoms with Gasteiger partial charge in [0.1, 0.15) is 5.54 Å². The molecule has 2 aliphatic carbocycles. The highest BCUT2D eigenvalue weighted by atomic mass is 35.5. The third kappa shape index (κ3) is 2.26. The first-order valence-corrected chi connectivity index (χ1v) is 7.32. The highest BCUT2D eigenvalue weighted by Gasteiger charge is 2.44. The lowest BCUT2D eigenvalue weighted by molar-refractivity contribution is 0.382. The van der Waals surface area contributed by atoms with Crippen LogP contribution in [0.3, 0.4) is 0 Å². The molecule has 0 saturated heterocycles. The van der Waals surface area contributed by atoms with E-state index in [0.29, 0.717) is 6.04 Å². The lowest BCUT2D eigenvalue weighted by Crippen LogP contribution is -2.43. The Bertz CT molecular complexity index is 540. The second kappa shape index (κ2) is 4.50. The lowest BCUT2D eigenvalue weighted by Gasteiger charge is -2.23. The van der Waals surface area contributed by atoms with Crippen LogP contribution in [0.25, 0.3) is 0 Å². The predicted molar refractivity (Wildman–Crippen MR) is 74.1 cm³/mol. The lowest BCUT2D eigenvalue weighted by atomic mass is 9.99. The number of nitrogens with one attached hydrogen (secondary N) is 1. The molecule has 1 aromatic heterocycles. The number of rotatable bonds is 3. The van der Waals surface area contributed by atoms with Crippen LogP contribution < -0.4 is 5.32 Å². The highest BCUT2D eigenvalue weighted by Crippen LogP contribution is 2.40. The summed E-state index contributed by atoms with van der Waals surface area (Å²) in [6, 6.07) is 3.35.